The van der Waals surface area contributed by atoms with E-state index in [2.05, 4.69) is 0 Å². The Hall–Kier alpha value is -1.40. The lowest BCUT2D eigenvalue weighted by atomic mass is 9.61. The van der Waals surface area contributed by atoms with Crippen molar-refractivity contribution in [1.82, 2.24) is 0 Å². The predicted molar refractivity (Wildman–Crippen MR) is 73.6 cm³/mol. The van der Waals surface area contributed by atoms with Crippen LogP contribution in [0.4, 0.5) is 0 Å². The van der Waals surface area contributed by atoms with E-state index in [1.54, 1.807) is 6.08 Å². The van der Waals surface area contributed by atoms with Crippen molar-refractivity contribution in [3.8, 4) is 0 Å². The lowest BCUT2D eigenvalue weighted by Crippen LogP contribution is -2.57. The van der Waals surface area contributed by atoms with E-state index in [4.69, 9.17) is 14.2 Å². The Kier molecular flexibility index (Phi) is 2.53. The first-order chi connectivity index (χ1) is 10.3. The van der Waals surface area contributed by atoms with Gasteiger partial charge in [0.05, 0.1) is 26.4 Å². The van der Waals surface area contributed by atoms with Crippen LogP contribution < -0.4 is 0 Å². The minimum atomic E-state index is -1.01. The SMILES string of the molecule is COC(=O)C1=CC2C(O)C(C)(C)CC23C1COC(=O)C31CO1. The topological polar surface area (TPSA) is 85.4 Å². The first-order valence-electron chi connectivity index (χ1n) is 7.59. The molecule has 0 aromatic heterocycles. The second-order valence-corrected chi connectivity index (χ2v) is 7.56. The average Bonchev–Trinajstić information content (AvgIpc) is 3.17. The second-order valence-electron chi connectivity index (χ2n) is 7.56. The fraction of sp³-hybridized carbons (Fsp3) is 0.750. The monoisotopic (exact) mass is 308 g/mol. The molecule has 2 aliphatic carbocycles. The molecule has 3 fully saturated rings. The van der Waals surface area contributed by atoms with Gasteiger partial charge < -0.3 is 19.3 Å². The van der Waals surface area contributed by atoms with Gasteiger partial charge in [-0.2, -0.15) is 0 Å². The molecule has 5 unspecified atom stereocenters. The van der Waals surface area contributed by atoms with E-state index in [1.807, 2.05) is 13.8 Å². The van der Waals surface area contributed by atoms with Crippen molar-refractivity contribution in [1.29, 1.82) is 0 Å². The van der Waals surface area contributed by atoms with Gasteiger partial charge >= 0.3 is 11.9 Å². The highest BCUT2D eigenvalue weighted by Crippen LogP contribution is 2.71. The summed E-state index contributed by atoms with van der Waals surface area (Å²) in [6.07, 6.45) is 1.77. The smallest absolute Gasteiger partial charge is 0.341 e. The zero-order chi connectivity index (χ0) is 15.9. The van der Waals surface area contributed by atoms with E-state index >= 15 is 0 Å². The van der Waals surface area contributed by atoms with E-state index < -0.39 is 23.1 Å². The van der Waals surface area contributed by atoms with Crippen LogP contribution in [-0.2, 0) is 23.8 Å². The number of carbonyl (C=O) groups excluding carboxylic acids is 2. The molecular weight excluding hydrogens is 288 g/mol. The number of rotatable bonds is 1. The summed E-state index contributed by atoms with van der Waals surface area (Å²) in [4.78, 5) is 24.5. The zero-order valence-electron chi connectivity index (χ0n) is 12.9. The summed E-state index contributed by atoms with van der Waals surface area (Å²) in [5.74, 6) is -1.35. The number of ether oxygens (including phenoxy) is 3. The van der Waals surface area contributed by atoms with Gasteiger partial charge in [0.1, 0.15) is 0 Å². The number of hydrogen-bond acceptors (Lipinski definition) is 6. The Morgan fingerprint density at radius 2 is 2.14 bits per heavy atom. The molecule has 1 saturated carbocycles. The van der Waals surface area contributed by atoms with Gasteiger partial charge in [0.2, 0.25) is 0 Å². The fourth-order valence-electron chi connectivity index (χ4n) is 5.11. The molecule has 6 heteroatoms. The van der Waals surface area contributed by atoms with Gasteiger partial charge in [-0.1, -0.05) is 19.9 Å². The molecule has 0 radical (unpaired) electrons. The minimum Gasteiger partial charge on any atom is -0.466 e. The first-order valence-corrected chi connectivity index (χ1v) is 7.59. The number of aliphatic hydroxyl groups excluding tert-OH is 1. The number of aliphatic hydroxyl groups is 1. The van der Waals surface area contributed by atoms with Crippen molar-refractivity contribution in [2.24, 2.45) is 22.7 Å². The van der Waals surface area contributed by atoms with Crippen LogP contribution in [0, 0.1) is 22.7 Å². The maximum Gasteiger partial charge on any atom is 0.341 e. The largest absolute Gasteiger partial charge is 0.466 e. The maximum atomic E-state index is 12.4. The van der Waals surface area contributed by atoms with Gasteiger partial charge in [0.15, 0.2) is 5.60 Å². The molecule has 1 N–H and O–H groups in total. The Balaban J connectivity index is 1.88. The third kappa shape index (κ3) is 1.34. The highest BCUT2D eigenvalue weighted by atomic mass is 16.6. The van der Waals surface area contributed by atoms with E-state index in [1.165, 1.54) is 7.11 Å². The maximum absolute atomic E-state index is 12.4. The molecule has 6 nitrogen and oxygen atoms in total. The number of esters is 2. The summed E-state index contributed by atoms with van der Waals surface area (Å²) in [5, 5.41) is 10.8. The summed E-state index contributed by atoms with van der Waals surface area (Å²) in [7, 11) is 1.34. The van der Waals surface area contributed by atoms with Crippen molar-refractivity contribution in [2.45, 2.75) is 32.0 Å². The van der Waals surface area contributed by atoms with Crippen molar-refractivity contribution < 1.29 is 28.9 Å². The van der Waals surface area contributed by atoms with Crippen LogP contribution in [0.2, 0.25) is 0 Å². The van der Waals surface area contributed by atoms with E-state index in [-0.39, 0.29) is 29.8 Å². The molecule has 5 atom stereocenters. The summed E-state index contributed by atoms with van der Waals surface area (Å²) >= 11 is 0. The lowest BCUT2D eigenvalue weighted by molar-refractivity contribution is -0.175. The van der Waals surface area contributed by atoms with Gasteiger partial charge in [-0.15, -0.1) is 0 Å². The van der Waals surface area contributed by atoms with Crippen LogP contribution in [0.3, 0.4) is 0 Å². The number of cyclic esters (lactones) is 1. The van der Waals surface area contributed by atoms with Crippen LogP contribution in [0.25, 0.3) is 0 Å². The minimum absolute atomic E-state index is 0.143. The number of methoxy groups -OCH3 is 1. The second kappa shape index (κ2) is 3.92. The molecule has 2 spiro atoms. The van der Waals surface area contributed by atoms with Crippen LogP contribution in [0.15, 0.2) is 11.6 Å². The Labute approximate surface area is 128 Å². The van der Waals surface area contributed by atoms with Gasteiger partial charge in [-0.05, 0) is 11.8 Å². The highest BCUT2D eigenvalue weighted by molar-refractivity contribution is 5.93. The van der Waals surface area contributed by atoms with Crippen molar-refractivity contribution in [3.05, 3.63) is 11.6 Å². The van der Waals surface area contributed by atoms with E-state index in [0.29, 0.717) is 18.6 Å². The summed E-state index contributed by atoms with van der Waals surface area (Å²) < 4.78 is 15.8. The lowest BCUT2D eigenvalue weighted by Gasteiger charge is -2.44. The quantitative estimate of drug-likeness (QED) is 0.559. The summed E-state index contributed by atoms with van der Waals surface area (Å²) in [6.45, 7) is 4.42. The molecule has 22 heavy (non-hydrogen) atoms. The third-order valence-electron chi connectivity index (χ3n) is 6.16. The summed E-state index contributed by atoms with van der Waals surface area (Å²) in [5.41, 5.74) is -1.46. The highest BCUT2D eigenvalue weighted by Gasteiger charge is 2.81. The first kappa shape index (κ1) is 14.2. The molecule has 0 bridgehead atoms. The molecule has 0 aromatic rings. The Bertz CT molecular complexity index is 602. The number of hydrogen-bond donors (Lipinski definition) is 1. The normalized spacial score (nSPS) is 47.5. The Morgan fingerprint density at radius 3 is 2.73 bits per heavy atom. The molecule has 4 rings (SSSR count). The molecule has 4 aliphatic rings. The molecule has 2 saturated heterocycles. The molecule has 0 aromatic carbocycles. The van der Waals surface area contributed by atoms with Gasteiger partial charge in [0, 0.05) is 22.8 Å². The third-order valence-corrected chi connectivity index (χ3v) is 6.16. The van der Waals surface area contributed by atoms with Crippen LogP contribution in [0.1, 0.15) is 20.3 Å². The molecular formula is C16H20O6. The van der Waals surface area contributed by atoms with Crippen molar-refractivity contribution in [2.75, 3.05) is 20.3 Å². The summed E-state index contributed by atoms with van der Waals surface area (Å²) in [6, 6.07) is 0. The van der Waals surface area contributed by atoms with Gasteiger partial charge in [-0.3, -0.25) is 0 Å². The average molecular weight is 308 g/mol. The van der Waals surface area contributed by atoms with Crippen molar-refractivity contribution >= 4 is 11.9 Å². The predicted octanol–water partition coefficient (Wildman–Crippen LogP) is 0.435. The van der Waals surface area contributed by atoms with E-state index in [0.717, 1.165) is 0 Å². The van der Waals surface area contributed by atoms with Crippen LogP contribution in [0.5, 0.6) is 0 Å². The standard InChI is InChI=1S/C16H20O6/c1-14(2)6-15-9(11(14)17)4-8(12(18)20-3)10(15)5-21-13(19)16(15)7-22-16/h4,9-11,17H,5-7H2,1-3H3. The molecule has 2 aliphatic heterocycles. The number of carbonyl (C=O) groups is 2. The van der Waals surface area contributed by atoms with Gasteiger partial charge in [0.25, 0.3) is 0 Å². The van der Waals surface area contributed by atoms with Crippen LogP contribution >= 0.6 is 0 Å². The fourth-order valence-corrected chi connectivity index (χ4v) is 5.11. The molecule has 0 amide bonds. The molecule has 120 valence electrons. The number of epoxide rings is 1. The Morgan fingerprint density at radius 1 is 1.45 bits per heavy atom. The van der Waals surface area contributed by atoms with Crippen LogP contribution in [-0.4, -0.2) is 49.1 Å². The zero-order valence-corrected chi connectivity index (χ0v) is 12.9. The van der Waals surface area contributed by atoms with Crippen molar-refractivity contribution in [3.63, 3.8) is 0 Å². The van der Waals surface area contributed by atoms with Gasteiger partial charge in [-0.25, -0.2) is 9.59 Å². The van der Waals surface area contributed by atoms with E-state index in [9.17, 15) is 14.7 Å². The molecule has 2 heterocycles.